The molecule has 10 heteroatoms. The Hall–Kier alpha value is -3.53. The molecule has 166 valence electrons. The van der Waals surface area contributed by atoms with Gasteiger partial charge in [-0.05, 0) is 20.8 Å². The van der Waals surface area contributed by atoms with Crippen LogP contribution in [-0.2, 0) is 7.05 Å². The average molecular weight is 436 g/mol. The molecule has 1 aliphatic rings. The van der Waals surface area contributed by atoms with Crippen LogP contribution in [-0.4, -0.2) is 55.2 Å². The van der Waals surface area contributed by atoms with E-state index in [0.717, 1.165) is 24.3 Å². The van der Waals surface area contributed by atoms with E-state index in [1.165, 1.54) is 6.07 Å². The van der Waals surface area contributed by atoms with E-state index in [2.05, 4.69) is 44.4 Å². The number of pyridine rings is 2. The first-order chi connectivity index (χ1) is 15.3. The maximum Gasteiger partial charge on any atom is 0.259 e. The molecule has 4 aromatic rings. The number of fused-ring (bicyclic) bond motifs is 2. The first-order valence-corrected chi connectivity index (χ1v) is 10.6. The fourth-order valence-corrected chi connectivity index (χ4v) is 4.47. The molecular formula is C22H25FN8O. The van der Waals surface area contributed by atoms with Gasteiger partial charge in [-0.2, -0.15) is 5.10 Å². The van der Waals surface area contributed by atoms with Gasteiger partial charge in [-0.15, -0.1) is 0 Å². The van der Waals surface area contributed by atoms with Gasteiger partial charge in [0.05, 0.1) is 22.3 Å². The second kappa shape index (κ2) is 7.56. The molecule has 5 heterocycles. The Balaban J connectivity index is 1.50. The van der Waals surface area contributed by atoms with Crippen LogP contribution in [0.5, 0.6) is 0 Å². The standard InChI is InChI=1S/C22H25FN8O/c1-12-7-30(8-13(2)25-12)20-17-11-29(4)28-19(17)16(6-24-20)22(32)27-15-5-18(23)21-26-14(3)9-31(21)10-15/h5-6,9-13,25H,7-8H2,1-4H3,(H,27,32)/t12-,13-/m1/s1. The van der Waals surface area contributed by atoms with Gasteiger partial charge in [0.25, 0.3) is 5.91 Å². The van der Waals surface area contributed by atoms with Crippen LogP contribution in [0.25, 0.3) is 16.6 Å². The zero-order valence-electron chi connectivity index (χ0n) is 18.4. The first kappa shape index (κ1) is 20.4. The molecule has 1 saturated heterocycles. The minimum Gasteiger partial charge on any atom is -0.353 e. The zero-order chi connectivity index (χ0) is 22.6. The predicted octanol–water partition coefficient (Wildman–Crippen LogP) is 2.50. The van der Waals surface area contributed by atoms with Crippen LogP contribution in [0.15, 0.2) is 30.9 Å². The van der Waals surface area contributed by atoms with Crippen molar-refractivity contribution in [3.63, 3.8) is 0 Å². The van der Waals surface area contributed by atoms with Crippen molar-refractivity contribution in [1.29, 1.82) is 0 Å². The molecule has 0 radical (unpaired) electrons. The summed E-state index contributed by atoms with van der Waals surface area (Å²) in [5.41, 5.74) is 2.14. The number of carbonyl (C=O) groups is 1. The number of piperazine rings is 1. The number of carbonyl (C=O) groups excluding carboxylic acids is 1. The summed E-state index contributed by atoms with van der Waals surface area (Å²) in [5.74, 6) is -0.0918. The minimum absolute atomic E-state index is 0.220. The number of aromatic nitrogens is 5. The van der Waals surface area contributed by atoms with E-state index in [0.29, 0.717) is 34.5 Å². The smallest absolute Gasteiger partial charge is 0.259 e. The summed E-state index contributed by atoms with van der Waals surface area (Å²) in [6.45, 7) is 7.70. The molecule has 2 atom stereocenters. The van der Waals surface area contributed by atoms with Crippen LogP contribution >= 0.6 is 0 Å². The Kier molecular flexibility index (Phi) is 4.81. The van der Waals surface area contributed by atoms with Crippen LogP contribution < -0.4 is 15.5 Å². The lowest BCUT2D eigenvalue weighted by Crippen LogP contribution is -2.54. The van der Waals surface area contributed by atoms with E-state index in [-0.39, 0.29) is 5.65 Å². The Labute approximate surface area is 184 Å². The zero-order valence-corrected chi connectivity index (χ0v) is 18.4. The molecule has 1 aliphatic heterocycles. The van der Waals surface area contributed by atoms with Gasteiger partial charge in [0.2, 0.25) is 0 Å². The molecule has 0 unspecified atom stereocenters. The SMILES string of the molecule is Cc1cn2cc(NC(=O)c3cnc(N4C[C@@H](C)N[C@H](C)C4)c4cn(C)nc34)cc(F)c2n1. The summed E-state index contributed by atoms with van der Waals surface area (Å²) in [4.78, 5) is 24.1. The van der Waals surface area contributed by atoms with Gasteiger partial charge in [0, 0.05) is 63.1 Å². The van der Waals surface area contributed by atoms with Gasteiger partial charge < -0.3 is 19.9 Å². The molecule has 9 nitrogen and oxygen atoms in total. The number of nitrogens with one attached hydrogen (secondary N) is 2. The monoisotopic (exact) mass is 436 g/mol. The van der Waals surface area contributed by atoms with Crippen LogP contribution in [0.1, 0.15) is 29.9 Å². The van der Waals surface area contributed by atoms with Crippen molar-refractivity contribution in [2.24, 2.45) is 7.05 Å². The summed E-state index contributed by atoms with van der Waals surface area (Å²) in [7, 11) is 1.82. The van der Waals surface area contributed by atoms with Crippen molar-refractivity contribution in [3.05, 3.63) is 47.9 Å². The number of amides is 1. The number of aryl methyl sites for hydroxylation is 2. The molecule has 32 heavy (non-hydrogen) atoms. The molecule has 0 spiro atoms. The summed E-state index contributed by atoms with van der Waals surface area (Å²) in [6.07, 6.45) is 6.77. The second-order valence-corrected chi connectivity index (χ2v) is 8.58. The van der Waals surface area contributed by atoms with Crippen molar-refractivity contribution >= 4 is 34.0 Å². The van der Waals surface area contributed by atoms with E-state index < -0.39 is 11.7 Å². The van der Waals surface area contributed by atoms with Gasteiger partial charge in [0.1, 0.15) is 11.3 Å². The van der Waals surface area contributed by atoms with Gasteiger partial charge in [0.15, 0.2) is 11.5 Å². The van der Waals surface area contributed by atoms with Crippen molar-refractivity contribution in [3.8, 4) is 0 Å². The molecule has 1 amide bonds. The Morgan fingerprint density at radius 1 is 1.22 bits per heavy atom. The molecule has 5 rings (SSSR count). The Bertz CT molecular complexity index is 1330. The summed E-state index contributed by atoms with van der Waals surface area (Å²) in [6, 6.07) is 1.92. The van der Waals surface area contributed by atoms with Gasteiger partial charge in [-0.3, -0.25) is 9.48 Å². The van der Waals surface area contributed by atoms with E-state index in [9.17, 15) is 9.18 Å². The maximum atomic E-state index is 14.4. The van der Waals surface area contributed by atoms with Crippen LogP contribution in [0.4, 0.5) is 15.9 Å². The third-order valence-electron chi connectivity index (χ3n) is 5.63. The van der Waals surface area contributed by atoms with E-state index >= 15 is 0 Å². The summed E-state index contributed by atoms with van der Waals surface area (Å²) < 4.78 is 17.7. The molecule has 0 saturated carbocycles. The highest BCUT2D eigenvalue weighted by Crippen LogP contribution is 2.28. The molecule has 1 fully saturated rings. The lowest BCUT2D eigenvalue weighted by atomic mass is 10.1. The van der Waals surface area contributed by atoms with Crippen molar-refractivity contribution in [2.75, 3.05) is 23.3 Å². The quantitative estimate of drug-likeness (QED) is 0.513. The van der Waals surface area contributed by atoms with Crippen molar-refractivity contribution < 1.29 is 9.18 Å². The molecule has 0 aliphatic carbocycles. The van der Waals surface area contributed by atoms with Crippen LogP contribution in [0.2, 0.25) is 0 Å². The molecule has 0 aromatic carbocycles. The third kappa shape index (κ3) is 3.56. The van der Waals surface area contributed by atoms with Crippen LogP contribution in [0.3, 0.4) is 0 Å². The average Bonchev–Trinajstić information content (AvgIpc) is 3.28. The first-order valence-electron chi connectivity index (χ1n) is 10.6. The summed E-state index contributed by atoms with van der Waals surface area (Å²) in [5, 5.41) is 11.6. The van der Waals surface area contributed by atoms with E-state index in [1.807, 2.05) is 13.2 Å². The number of imidazole rings is 1. The maximum absolute atomic E-state index is 14.4. The predicted molar refractivity (Wildman–Crippen MR) is 121 cm³/mol. The lowest BCUT2D eigenvalue weighted by Gasteiger charge is -2.37. The van der Waals surface area contributed by atoms with Gasteiger partial charge >= 0.3 is 0 Å². The number of rotatable bonds is 3. The molecule has 2 N–H and O–H groups in total. The second-order valence-electron chi connectivity index (χ2n) is 8.58. The number of nitrogens with zero attached hydrogens (tertiary/aromatic N) is 6. The number of hydrogen-bond donors (Lipinski definition) is 2. The van der Waals surface area contributed by atoms with Crippen molar-refractivity contribution in [2.45, 2.75) is 32.9 Å². The number of hydrogen-bond acceptors (Lipinski definition) is 6. The number of halogens is 1. The highest BCUT2D eigenvalue weighted by Gasteiger charge is 2.26. The largest absolute Gasteiger partial charge is 0.353 e. The molecule has 4 aromatic heterocycles. The van der Waals surface area contributed by atoms with Crippen molar-refractivity contribution in [1.82, 2.24) is 29.5 Å². The fraction of sp³-hybridized carbons (Fsp3) is 0.364. The number of anilines is 2. The fourth-order valence-electron chi connectivity index (χ4n) is 4.47. The van der Waals surface area contributed by atoms with Gasteiger partial charge in [-0.25, -0.2) is 14.4 Å². The van der Waals surface area contributed by atoms with E-state index in [1.54, 1.807) is 34.6 Å². The molecule has 0 bridgehead atoms. The lowest BCUT2D eigenvalue weighted by molar-refractivity contribution is 0.102. The van der Waals surface area contributed by atoms with Crippen LogP contribution in [0, 0.1) is 12.7 Å². The topological polar surface area (TPSA) is 92.4 Å². The van der Waals surface area contributed by atoms with E-state index in [4.69, 9.17) is 0 Å². The Morgan fingerprint density at radius 2 is 1.97 bits per heavy atom. The highest BCUT2D eigenvalue weighted by molar-refractivity contribution is 6.13. The van der Waals surface area contributed by atoms with Gasteiger partial charge in [-0.1, -0.05) is 0 Å². The Morgan fingerprint density at radius 3 is 2.72 bits per heavy atom. The highest BCUT2D eigenvalue weighted by atomic mass is 19.1. The summed E-state index contributed by atoms with van der Waals surface area (Å²) >= 11 is 0. The molecular weight excluding hydrogens is 411 g/mol. The minimum atomic E-state index is -0.505. The third-order valence-corrected chi connectivity index (χ3v) is 5.63. The normalized spacial score (nSPS) is 19.1.